The fourth-order valence-electron chi connectivity index (χ4n) is 7.41. The quantitative estimate of drug-likeness (QED) is 0.0379. The second-order valence-corrected chi connectivity index (χ2v) is 15.6. The van der Waals surface area contributed by atoms with Gasteiger partial charge in [-0.25, -0.2) is 24.5 Å². The Balaban J connectivity index is 0.732. The van der Waals surface area contributed by atoms with Crippen molar-refractivity contribution in [1.29, 1.82) is 0 Å². The molecule has 0 bridgehead atoms. The van der Waals surface area contributed by atoms with Gasteiger partial charge in [0.15, 0.2) is 0 Å². The molecule has 0 aliphatic carbocycles. The van der Waals surface area contributed by atoms with Crippen LogP contribution in [0.2, 0.25) is 0 Å². The summed E-state index contributed by atoms with van der Waals surface area (Å²) in [6, 6.07) is 8.06. The highest BCUT2D eigenvalue weighted by molar-refractivity contribution is 7.13. The predicted octanol–water partition coefficient (Wildman–Crippen LogP) is 2.63. The lowest BCUT2D eigenvalue weighted by molar-refractivity contribution is -0.125. The molecule has 6 heterocycles. The molecule has 22 heteroatoms. The Morgan fingerprint density at radius 1 is 0.984 bits per heavy atom. The SMILES string of the molecule is [N-]=[N+]=N[C@H]1C[C@@H](C(=O)NCCOCCOCCOCCNc2ncc(CN3CCCC(c4nc(-c5cccs5)cc(=O)[nH]4)C3)cn2)N(C(=O)c2ccc3c(=O)oc(=O)[nH]c3c2)C1. The zero-order valence-electron chi connectivity index (χ0n) is 33.7. The number of anilines is 1. The molecule has 2 amide bonds. The van der Waals surface area contributed by atoms with Gasteiger partial charge in [0.1, 0.15) is 11.9 Å². The van der Waals surface area contributed by atoms with Gasteiger partial charge in [-0.15, -0.1) is 11.3 Å². The van der Waals surface area contributed by atoms with Crippen molar-refractivity contribution in [2.75, 3.05) is 77.7 Å². The summed E-state index contributed by atoms with van der Waals surface area (Å²) < 4.78 is 21.3. The van der Waals surface area contributed by atoms with Crippen LogP contribution in [0.25, 0.3) is 31.9 Å². The van der Waals surface area contributed by atoms with E-state index < -0.39 is 35.3 Å². The van der Waals surface area contributed by atoms with E-state index in [9.17, 15) is 24.0 Å². The first-order chi connectivity index (χ1) is 30.2. The maximum absolute atomic E-state index is 13.4. The van der Waals surface area contributed by atoms with E-state index in [0.717, 1.165) is 42.2 Å². The molecule has 21 nitrogen and oxygen atoms in total. The maximum Gasteiger partial charge on any atom is 0.419 e. The van der Waals surface area contributed by atoms with Crippen LogP contribution >= 0.6 is 11.3 Å². The number of aromatic amines is 2. The fraction of sp³-hybridized carbons (Fsp3) is 0.450. The van der Waals surface area contributed by atoms with E-state index in [0.29, 0.717) is 57.8 Å². The van der Waals surface area contributed by atoms with Crippen molar-refractivity contribution in [1.82, 2.24) is 40.0 Å². The van der Waals surface area contributed by atoms with E-state index in [1.807, 2.05) is 29.9 Å². The molecule has 4 aromatic heterocycles. The van der Waals surface area contributed by atoms with Crippen molar-refractivity contribution in [2.24, 2.45) is 5.11 Å². The summed E-state index contributed by atoms with van der Waals surface area (Å²) in [7, 11) is 0. The van der Waals surface area contributed by atoms with Crippen LogP contribution in [0.1, 0.15) is 46.9 Å². The molecule has 1 unspecified atom stereocenters. The van der Waals surface area contributed by atoms with Crippen molar-refractivity contribution in [3.63, 3.8) is 0 Å². The molecule has 326 valence electrons. The highest BCUT2D eigenvalue weighted by Crippen LogP contribution is 2.28. The maximum atomic E-state index is 13.4. The molecule has 5 aromatic rings. The van der Waals surface area contributed by atoms with Crippen molar-refractivity contribution in [3.8, 4) is 10.6 Å². The van der Waals surface area contributed by atoms with Crippen LogP contribution in [0.4, 0.5) is 5.95 Å². The number of aromatic nitrogens is 5. The van der Waals surface area contributed by atoms with Crippen molar-refractivity contribution in [2.45, 2.75) is 43.8 Å². The number of nitrogens with zero attached hydrogens (tertiary/aromatic N) is 8. The van der Waals surface area contributed by atoms with Gasteiger partial charge in [-0.05, 0) is 61.0 Å². The number of hydrogen-bond donors (Lipinski definition) is 4. The molecule has 4 N–H and O–H groups in total. The highest BCUT2D eigenvalue weighted by atomic mass is 32.1. The standard InChI is InChI=1S/C40H46N12O9S/c41-50-49-28-18-32(52(24-28)37(55)26-5-6-29-30(17-26)47-40(57)61-38(29)56)36(54)42-7-10-58-12-14-60-15-13-59-11-8-43-39-44-20-25(21-45-39)22-51-9-1-3-27(23-51)35-46-31(19-34(53)48-35)33-4-2-16-62-33/h2,4-6,16-17,19-21,27-28,32H,1,3,7-15,18,22-24H2,(H,42,54)(H,47,57)(H,43,44,45)(H,46,48,53)/t27?,28-,32-/m0/s1. The summed E-state index contributed by atoms with van der Waals surface area (Å²) in [6.07, 6.45) is 5.73. The van der Waals surface area contributed by atoms with Crippen LogP contribution in [0, 0.1) is 0 Å². The van der Waals surface area contributed by atoms with Gasteiger partial charge in [0, 0.05) is 73.1 Å². The molecule has 62 heavy (non-hydrogen) atoms. The van der Waals surface area contributed by atoms with Crippen LogP contribution in [0.3, 0.4) is 0 Å². The number of nitrogens with one attached hydrogen (secondary N) is 4. The third-order valence-corrected chi connectivity index (χ3v) is 11.2. The number of rotatable bonds is 20. The molecule has 1 aromatic carbocycles. The number of likely N-dealkylation sites (tertiary alicyclic amines) is 2. The molecule has 3 atom stereocenters. The van der Waals surface area contributed by atoms with Gasteiger partial charge in [0.05, 0.1) is 67.2 Å². The molecule has 2 aliphatic rings. The average molecular weight is 871 g/mol. The van der Waals surface area contributed by atoms with Gasteiger partial charge in [-0.3, -0.25) is 24.3 Å². The minimum Gasteiger partial charge on any atom is -0.377 e. The average Bonchev–Trinajstić information content (AvgIpc) is 3.97. The molecular formula is C40H46N12O9S. The van der Waals surface area contributed by atoms with Crippen LogP contribution in [0.5, 0.6) is 0 Å². The van der Waals surface area contributed by atoms with E-state index in [4.69, 9.17) is 24.7 Å². The van der Waals surface area contributed by atoms with Gasteiger partial charge >= 0.3 is 11.4 Å². The van der Waals surface area contributed by atoms with Gasteiger partial charge in [-0.1, -0.05) is 11.2 Å². The van der Waals surface area contributed by atoms with Crippen molar-refractivity contribution in [3.05, 3.63) is 113 Å². The third-order valence-electron chi connectivity index (χ3n) is 10.3. The first-order valence-corrected chi connectivity index (χ1v) is 21.1. The van der Waals surface area contributed by atoms with Gasteiger partial charge < -0.3 is 39.1 Å². The van der Waals surface area contributed by atoms with E-state index in [1.165, 1.54) is 23.1 Å². The van der Waals surface area contributed by atoms with Crippen molar-refractivity contribution >= 4 is 40.0 Å². The molecular weight excluding hydrogens is 825 g/mol. The second-order valence-electron chi connectivity index (χ2n) is 14.7. The van der Waals surface area contributed by atoms with Crippen LogP contribution in [-0.4, -0.2) is 131 Å². The second kappa shape index (κ2) is 21.5. The zero-order valence-corrected chi connectivity index (χ0v) is 34.5. The summed E-state index contributed by atoms with van der Waals surface area (Å²) in [5.74, 6) is -0.546. The third kappa shape index (κ3) is 11.7. The van der Waals surface area contributed by atoms with E-state index >= 15 is 0 Å². The number of carbonyl (C=O) groups is 2. The Kier molecular flexibility index (Phi) is 15.2. The lowest BCUT2D eigenvalue weighted by atomic mass is 9.96. The summed E-state index contributed by atoms with van der Waals surface area (Å²) in [6.45, 7) is 5.14. The summed E-state index contributed by atoms with van der Waals surface area (Å²) in [5, 5.41) is 11.7. The predicted molar refractivity (Wildman–Crippen MR) is 227 cm³/mol. The monoisotopic (exact) mass is 870 g/mol. The van der Waals surface area contributed by atoms with Crippen molar-refractivity contribution < 1.29 is 28.2 Å². The Labute approximate surface area is 357 Å². The number of thiophene rings is 1. The fourth-order valence-corrected chi connectivity index (χ4v) is 8.10. The van der Waals surface area contributed by atoms with Crippen LogP contribution in [-0.2, 0) is 25.5 Å². The highest BCUT2D eigenvalue weighted by Gasteiger charge is 2.39. The normalized spacial score (nSPS) is 17.8. The molecule has 7 rings (SSSR count). The smallest absolute Gasteiger partial charge is 0.377 e. The molecule has 2 fully saturated rings. The number of carbonyl (C=O) groups excluding carboxylic acids is 2. The number of H-pyrrole nitrogens is 2. The number of azide groups is 1. The molecule has 0 radical (unpaired) electrons. The Bertz CT molecular complexity index is 2520. The Hall–Kier alpha value is -6.29. The van der Waals surface area contributed by atoms with Crippen LogP contribution in [0.15, 0.2) is 78.1 Å². The lowest BCUT2D eigenvalue weighted by Gasteiger charge is -2.32. The number of amides is 2. The molecule has 2 saturated heterocycles. The lowest BCUT2D eigenvalue weighted by Crippen LogP contribution is -2.46. The van der Waals surface area contributed by atoms with E-state index in [2.05, 4.69) is 49.9 Å². The van der Waals surface area contributed by atoms with Gasteiger partial charge in [0.2, 0.25) is 11.9 Å². The largest absolute Gasteiger partial charge is 0.419 e. The first kappa shape index (κ1) is 43.8. The molecule has 0 spiro atoms. The van der Waals surface area contributed by atoms with E-state index in [1.54, 1.807) is 17.4 Å². The van der Waals surface area contributed by atoms with Crippen LogP contribution < -0.4 is 27.6 Å². The zero-order chi connectivity index (χ0) is 43.3. The Morgan fingerprint density at radius 2 is 1.76 bits per heavy atom. The van der Waals surface area contributed by atoms with E-state index in [-0.39, 0.29) is 54.1 Å². The summed E-state index contributed by atoms with van der Waals surface area (Å²) >= 11 is 1.57. The number of piperidine rings is 1. The van der Waals surface area contributed by atoms with Gasteiger partial charge in [-0.2, -0.15) is 0 Å². The summed E-state index contributed by atoms with van der Waals surface area (Å²) in [4.78, 5) is 89.1. The number of fused-ring (bicyclic) bond motifs is 1. The molecule has 0 saturated carbocycles. The number of hydrogen-bond acceptors (Lipinski definition) is 16. The minimum absolute atomic E-state index is 0.0164. The summed E-state index contributed by atoms with van der Waals surface area (Å²) in [5.41, 5.74) is 9.95. The minimum atomic E-state index is -0.959. The number of ether oxygens (including phenoxy) is 3. The topological polar surface area (TPSA) is 276 Å². The molecule has 2 aliphatic heterocycles. The van der Waals surface area contributed by atoms with Gasteiger partial charge in [0.25, 0.3) is 11.5 Å². The first-order valence-electron chi connectivity index (χ1n) is 20.2. The Morgan fingerprint density at radius 3 is 2.52 bits per heavy atom. The number of benzene rings is 1.